The van der Waals surface area contributed by atoms with Gasteiger partial charge in [0, 0.05) is 41.3 Å². The Bertz CT molecular complexity index is 596. The number of fused-ring (bicyclic) bond motifs is 2. The molecule has 1 aromatic carbocycles. The summed E-state index contributed by atoms with van der Waals surface area (Å²) in [6.45, 7) is 2.96. The fraction of sp³-hybridized carbons (Fsp3) is 0.526. The van der Waals surface area contributed by atoms with Gasteiger partial charge in [-0.25, -0.2) is 0 Å². The largest absolute Gasteiger partial charge is 0.312 e. The molecule has 1 aromatic rings. The number of unbranched alkanes of at least 4 members (excludes halogenated alkanes) is 1. The van der Waals surface area contributed by atoms with E-state index < -0.39 is 0 Å². The van der Waals surface area contributed by atoms with Crippen molar-refractivity contribution in [1.82, 2.24) is 9.80 Å². The summed E-state index contributed by atoms with van der Waals surface area (Å²) >= 11 is 5.95. The van der Waals surface area contributed by atoms with Crippen LogP contribution in [0.3, 0.4) is 0 Å². The summed E-state index contributed by atoms with van der Waals surface area (Å²) in [5, 5.41) is 0.665. The van der Waals surface area contributed by atoms with Gasteiger partial charge < -0.3 is 4.90 Å². The van der Waals surface area contributed by atoms with Gasteiger partial charge in [0.25, 0.3) is 5.91 Å². The smallest absolute Gasteiger partial charge is 0.258 e. The molecule has 1 fully saturated rings. The zero-order valence-electron chi connectivity index (χ0n) is 14.0. The van der Waals surface area contributed by atoms with Gasteiger partial charge in [-0.3, -0.25) is 9.69 Å². The van der Waals surface area contributed by atoms with Crippen molar-refractivity contribution in [2.24, 2.45) is 0 Å². The standard InChI is InChI=1S/C19H25ClN2O/c1-3-4-11-22(19(23)14-5-7-15(20)8-6-14)18-12-16-9-10-17(13-18)21(16)2/h5-8,12,16-17H,3-4,9-11,13H2,1-2H3/t16-,17-/m0/s1. The molecule has 23 heavy (non-hydrogen) atoms. The monoisotopic (exact) mass is 332 g/mol. The number of amides is 1. The van der Waals surface area contributed by atoms with Crippen molar-refractivity contribution in [2.45, 2.75) is 51.1 Å². The SMILES string of the molecule is CCCCN(C(=O)c1ccc(Cl)cc1)C1=C[C@@H]2CC[C@@H](C1)N2C. The second-order valence-electron chi connectivity index (χ2n) is 6.64. The molecule has 2 heterocycles. The van der Waals surface area contributed by atoms with E-state index in [2.05, 4.69) is 24.9 Å². The lowest BCUT2D eigenvalue weighted by atomic mass is 10.0. The molecule has 2 aliphatic rings. The summed E-state index contributed by atoms with van der Waals surface area (Å²) in [7, 11) is 2.20. The van der Waals surface area contributed by atoms with E-state index in [0.29, 0.717) is 17.1 Å². The molecule has 0 radical (unpaired) electrons. The summed E-state index contributed by atoms with van der Waals surface area (Å²) < 4.78 is 0. The van der Waals surface area contributed by atoms with Crippen LogP contribution in [0.5, 0.6) is 0 Å². The van der Waals surface area contributed by atoms with Crippen LogP contribution in [0.15, 0.2) is 36.0 Å². The Kier molecular flexibility index (Phi) is 5.08. The first-order valence-electron chi connectivity index (χ1n) is 8.60. The van der Waals surface area contributed by atoms with Crippen molar-refractivity contribution in [3.05, 3.63) is 46.6 Å². The van der Waals surface area contributed by atoms with Crippen molar-refractivity contribution < 1.29 is 4.79 Å². The first-order chi connectivity index (χ1) is 11.1. The van der Waals surface area contributed by atoms with Crippen molar-refractivity contribution in [1.29, 1.82) is 0 Å². The predicted octanol–water partition coefficient (Wildman–Crippen LogP) is 4.33. The Morgan fingerprint density at radius 3 is 2.70 bits per heavy atom. The third-order valence-electron chi connectivity index (χ3n) is 5.14. The molecule has 4 heteroatoms. The average molecular weight is 333 g/mol. The molecule has 0 aliphatic carbocycles. The lowest BCUT2D eigenvalue weighted by Crippen LogP contribution is -2.41. The molecule has 124 valence electrons. The van der Waals surface area contributed by atoms with Gasteiger partial charge in [0.2, 0.25) is 0 Å². The lowest BCUT2D eigenvalue weighted by Gasteiger charge is -2.35. The molecule has 2 aliphatic heterocycles. The van der Waals surface area contributed by atoms with E-state index >= 15 is 0 Å². The van der Waals surface area contributed by atoms with Crippen LogP contribution in [0.4, 0.5) is 0 Å². The van der Waals surface area contributed by atoms with Crippen LogP contribution < -0.4 is 0 Å². The molecule has 0 saturated carbocycles. The maximum atomic E-state index is 13.0. The van der Waals surface area contributed by atoms with Gasteiger partial charge >= 0.3 is 0 Å². The van der Waals surface area contributed by atoms with Crippen LogP contribution in [0.1, 0.15) is 49.4 Å². The van der Waals surface area contributed by atoms with E-state index in [9.17, 15) is 4.79 Å². The van der Waals surface area contributed by atoms with Crippen molar-refractivity contribution >= 4 is 17.5 Å². The van der Waals surface area contributed by atoms with Crippen LogP contribution in [0.2, 0.25) is 5.02 Å². The molecular formula is C19H25ClN2O. The van der Waals surface area contributed by atoms with Crippen LogP contribution >= 0.6 is 11.6 Å². The molecule has 1 saturated heterocycles. The van der Waals surface area contributed by atoms with Gasteiger partial charge in [0.1, 0.15) is 0 Å². The predicted molar refractivity (Wildman–Crippen MR) is 94.7 cm³/mol. The molecule has 0 spiro atoms. The Morgan fingerprint density at radius 1 is 1.30 bits per heavy atom. The third kappa shape index (κ3) is 3.46. The third-order valence-corrected chi connectivity index (χ3v) is 5.39. The number of hydrogen-bond acceptors (Lipinski definition) is 2. The Balaban J connectivity index is 1.84. The summed E-state index contributed by atoms with van der Waals surface area (Å²) in [5.41, 5.74) is 1.93. The van der Waals surface area contributed by atoms with Gasteiger partial charge in [0.15, 0.2) is 0 Å². The van der Waals surface area contributed by atoms with Crippen molar-refractivity contribution in [3.8, 4) is 0 Å². The number of benzene rings is 1. The van der Waals surface area contributed by atoms with E-state index in [1.54, 1.807) is 12.1 Å². The number of carbonyl (C=O) groups excluding carboxylic acids is 1. The molecule has 3 rings (SSSR count). The summed E-state index contributed by atoms with van der Waals surface area (Å²) in [4.78, 5) is 17.5. The van der Waals surface area contributed by atoms with Crippen LogP contribution in [0, 0.1) is 0 Å². The minimum absolute atomic E-state index is 0.102. The summed E-state index contributed by atoms with van der Waals surface area (Å²) in [6, 6.07) is 8.31. The lowest BCUT2D eigenvalue weighted by molar-refractivity contribution is 0.0784. The number of nitrogens with zero attached hydrogens (tertiary/aromatic N) is 2. The second kappa shape index (κ2) is 7.06. The Hall–Kier alpha value is -1.32. The molecule has 0 aromatic heterocycles. The second-order valence-corrected chi connectivity index (χ2v) is 7.08. The first-order valence-corrected chi connectivity index (χ1v) is 8.98. The van der Waals surface area contributed by atoms with Gasteiger partial charge in [-0.15, -0.1) is 0 Å². The number of rotatable bonds is 5. The van der Waals surface area contributed by atoms with Crippen LogP contribution in [0.25, 0.3) is 0 Å². The highest BCUT2D eigenvalue weighted by Gasteiger charge is 2.36. The van der Waals surface area contributed by atoms with E-state index in [1.807, 2.05) is 17.0 Å². The molecule has 2 bridgehead atoms. The normalized spacial score (nSPS) is 23.7. The van der Waals surface area contributed by atoms with Crippen LogP contribution in [-0.4, -0.2) is 41.4 Å². The maximum Gasteiger partial charge on any atom is 0.258 e. The molecule has 2 atom stereocenters. The molecule has 0 unspecified atom stereocenters. The minimum atomic E-state index is 0.102. The molecule has 3 nitrogen and oxygen atoms in total. The zero-order chi connectivity index (χ0) is 16.4. The van der Waals surface area contributed by atoms with Crippen molar-refractivity contribution in [3.63, 3.8) is 0 Å². The number of likely N-dealkylation sites (N-methyl/N-ethyl adjacent to an activating group) is 1. The van der Waals surface area contributed by atoms with Gasteiger partial charge in [-0.1, -0.05) is 24.9 Å². The highest BCUT2D eigenvalue weighted by atomic mass is 35.5. The van der Waals surface area contributed by atoms with Gasteiger partial charge in [-0.2, -0.15) is 0 Å². The minimum Gasteiger partial charge on any atom is -0.312 e. The molecular weight excluding hydrogens is 308 g/mol. The number of halogens is 1. The first kappa shape index (κ1) is 16.5. The quantitative estimate of drug-likeness (QED) is 0.801. The van der Waals surface area contributed by atoms with E-state index in [1.165, 1.54) is 18.5 Å². The van der Waals surface area contributed by atoms with E-state index in [4.69, 9.17) is 11.6 Å². The highest BCUT2D eigenvalue weighted by Crippen LogP contribution is 2.35. The summed E-state index contributed by atoms with van der Waals surface area (Å²) in [5.74, 6) is 0.102. The Morgan fingerprint density at radius 2 is 2.04 bits per heavy atom. The fourth-order valence-corrected chi connectivity index (χ4v) is 3.79. The summed E-state index contributed by atoms with van der Waals surface area (Å²) in [6.07, 6.45) is 7.86. The van der Waals surface area contributed by atoms with Crippen LogP contribution in [-0.2, 0) is 0 Å². The highest BCUT2D eigenvalue weighted by molar-refractivity contribution is 6.30. The number of carbonyl (C=O) groups is 1. The average Bonchev–Trinajstić information content (AvgIpc) is 2.76. The van der Waals surface area contributed by atoms with Gasteiger partial charge in [0.05, 0.1) is 0 Å². The molecule has 1 amide bonds. The zero-order valence-corrected chi connectivity index (χ0v) is 14.7. The van der Waals surface area contributed by atoms with E-state index in [-0.39, 0.29) is 5.91 Å². The molecule has 0 N–H and O–H groups in total. The van der Waals surface area contributed by atoms with Gasteiger partial charge in [-0.05, 0) is 56.7 Å². The Labute approximate surface area is 143 Å². The fourth-order valence-electron chi connectivity index (χ4n) is 3.66. The number of hydrogen-bond donors (Lipinski definition) is 0. The maximum absolute atomic E-state index is 13.0. The topological polar surface area (TPSA) is 23.6 Å². The van der Waals surface area contributed by atoms with Crippen molar-refractivity contribution in [2.75, 3.05) is 13.6 Å². The van der Waals surface area contributed by atoms with E-state index in [0.717, 1.165) is 31.4 Å².